The van der Waals surface area contributed by atoms with Gasteiger partial charge < -0.3 is 0 Å². The van der Waals surface area contributed by atoms with Crippen LogP contribution < -0.4 is 0 Å². The lowest BCUT2D eigenvalue weighted by atomic mass is 10.1. The monoisotopic (exact) mass is 346 g/mol. The smallest absolute Gasteiger partial charge is 0.0472 e. The van der Waals surface area contributed by atoms with Crippen LogP contribution in [0.15, 0.2) is 0 Å². The zero-order valence-corrected chi connectivity index (χ0v) is 17.2. The number of hydrogen-bond acceptors (Lipinski definition) is 2. The Bertz CT molecular complexity index is 194. The molecule has 0 aliphatic heterocycles. The largest absolute Gasteiger partial charge is 0.165 e. The molecular weight excluding hydrogens is 304 g/mol. The van der Waals surface area contributed by atoms with E-state index in [0.29, 0.717) is 4.58 Å². The molecule has 0 heterocycles. The highest BCUT2D eigenvalue weighted by Gasteiger charge is 2.03. The van der Waals surface area contributed by atoms with Crippen LogP contribution >= 0.6 is 24.4 Å². The van der Waals surface area contributed by atoms with E-state index in [1.165, 1.54) is 108 Å². The zero-order chi connectivity index (χ0) is 16.3. The minimum absolute atomic E-state index is 0.584. The van der Waals surface area contributed by atoms with Crippen molar-refractivity contribution >= 4 is 24.4 Å². The Labute approximate surface area is 151 Å². The van der Waals surface area contributed by atoms with Crippen LogP contribution in [-0.2, 0) is 0 Å². The predicted octanol–water partition coefficient (Wildman–Crippen LogP) is 8.26. The lowest BCUT2D eigenvalue weighted by Gasteiger charge is -2.10. The van der Waals surface area contributed by atoms with E-state index in [4.69, 9.17) is 12.6 Å². The van der Waals surface area contributed by atoms with Crippen LogP contribution in [0.4, 0.5) is 0 Å². The Morgan fingerprint density at radius 1 is 0.591 bits per heavy atom. The third kappa shape index (κ3) is 18.7. The summed E-state index contributed by atoms with van der Waals surface area (Å²) in [5, 5.41) is 0. The summed E-state index contributed by atoms with van der Waals surface area (Å²) in [5.41, 5.74) is 0. The molecule has 0 rings (SSSR count). The average molecular weight is 347 g/mol. The van der Waals surface area contributed by atoms with Crippen LogP contribution in [0.3, 0.4) is 0 Å². The fraction of sp³-hybridized carbons (Fsp3) is 1.00. The molecule has 0 radical (unpaired) electrons. The van der Waals surface area contributed by atoms with Crippen molar-refractivity contribution < 1.29 is 0 Å². The molecule has 1 atom stereocenters. The van der Waals surface area contributed by atoms with E-state index in [1.807, 2.05) is 0 Å². The summed E-state index contributed by atoms with van der Waals surface area (Å²) >= 11 is 6.82. The van der Waals surface area contributed by atoms with Gasteiger partial charge >= 0.3 is 0 Å². The summed E-state index contributed by atoms with van der Waals surface area (Å²) in [5.74, 6) is 1.32. The maximum Gasteiger partial charge on any atom is 0.0472 e. The van der Waals surface area contributed by atoms with E-state index in [1.54, 1.807) is 0 Å². The van der Waals surface area contributed by atoms with Crippen LogP contribution in [-0.4, -0.2) is 10.3 Å². The maximum atomic E-state index is 4.73. The van der Waals surface area contributed by atoms with Crippen molar-refractivity contribution in [3.8, 4) is 0 Å². The van der Waals surface area contributed by atoms with E-state index in [0.717, 1.165) is 0 Å². The van der Waals surface area contributed by atoms with Crippen molar-refractivity contribution in [3.63, 3.8) is 0 Å². The SMILES string of the molecule is CCCCCCCCCCSC(S)CCCCCCCCC. The first-order chi connectivity index (χ1) is 10.8. The molecule has 1 unspecified atom stereocenters. The highest BCUT2D eigenvalue weighted by molar-refractivity contribution is 8.10. The second-order valence-electron chi connectivity index (χ2n) is 6.71. The molecule has 0 aromatic carbocycles. The van der Waals surface area contributed by atoms with Crippen LogP contribution in [0.1, 0.15) is 117 Å². The van der Waals surface area contributed by atoms with Crippen LogP contribution in [0.5, 0.6) is 0 Å². The Balaban J connectivity index is 3.11. The highest BCUT2D eigenvalue weighted by atomic mass is 32.2. The van der Waals surface area contributed by atoms with Crippen LogP contribution in [0.25, 0.3) is 0 Å². The second kappa shape index (κ2) is 19.7. The van der Waals surface area contributed by atoms with Crippen molar-refractivity contribution in [1.82, 2.24) is 0 Å². The van der Waals surface area contributed by atoms with Gasteiger partial charge in [-0.15, -0.1) is 11.8 Å². The Hall–Kier alpha value is 0.700. The molecule has 0 aromatic heterocycles. The normalized spacial score (nSPS) is 12.7. The van der Waals surface area contributed by atoms with Gasteiger partial charge in [0.2, 0.25) is 0 Å². The molecule has 0 spiro atoms. The molecule has 0 saturated carbocycles. The summed E-state index contributed by atoms with van der Waals surface area (Å²) < 4.78 is 0.584. The fourth-order valence-corrected chi connectivity index (χ4v) is 4.29. The average Bonchev–Trinajstić information content (AvgIpc) is 2.52. The van der Waals surface area contributed by atoms with Crippen molar-refractivity contribution in [2.24, 2.45) is 0 Å². The predicted molar refractivity (Wildman–Crippen MR) is 110 cm³/mol. The Morgan fingerprint density at radius 2 is 1.00 bits per heavy atom. The van der Waals surface area contributed by atoms with Gasteiger partial charge in [0.05, 0.1) is 0 Å². The summed E-state index contributed by atoms with van der Waals surface area (Å²) in [6.07, 6.45) is 22.6. The van der Waals surface area contributed by atoms with Gasteiger partial charge in [-0.05, 0) is 18.6 Å². The zero-order valence-electron chi connectivity index (χ0n) is 15.5. The van der Waals surface area contributed by atoms with E-state index in [2.05, 4.69) is 25.6 Å². The Kier molecular flexibility index (Phi) is 20.4. The number of rotatable bonds is 18. The number of thiol groups is 1. The summed E-state index contributed by atoms with van der Waals surface area (Å²) in [7, 11) is 0. The van der Waals surface area contributed by atoms with E-state index < -0.39 is 0 Å². The van der Waals surface area contributed by atoms with Gasteiger partial charge in [0, 0.05) is 4.58 Å². The van der Waals surface area contributed by atoms with Gasteiger partial charge in [0.1, 0.15) is 0 Å². The third-order valence-corrected chi connectivity index (χ3v) is 6.21. The van der Waals surface area contributed by atoms with Gasteiger partial charge in [-0.3, -0.25) is 0 Å². The molecule has 0 amide bonds. The quantitative estimate of drug-likeness (QED) is 0.148. The lowest BCUT2D eigenvalue weighted by molar-refractivity contribution is 0.583. The summed E-state index contributed by atoms with van der Waals surface area (Å²) in [6.45, 7) is 4.58. The molecule has 0 aliphatic rings. The number of hydrogen-bond donors (Lipinski definition) is 1. The van der Waals surface area contributed by atoms with Crippen molar-refractivity contribution in [1.29, 1.82) is 0 Å². The molecule has 0 aliphatic carbocycles. The van der Waals surface area contributed by atoms with Crippen LogP contribution in [0.2, 0.25) is 0 Å². The molecule has 0 saturated heterocycles. The minimum atomic E-state index is 0.584. The third-order valence-electron chi connectivity index (χ3n) is 4.36. The van der Waals surface area contributed by atoms with Gasteiger partial charge in [-0.25, -0.2) is 0 Å². The molecule has 0 nitrogen and oxygen atoms in total. The molecule has 0 N–H and O–H groups in total. The molecular formula is C20H42S2. The standard InChI is InChI=1S/C20H42S2/c1-3-5-7-9-11-13-15-17-19-22-20(21)18-16-14-12-10-8-6-4-2/h20-21H,3-19H2,1-2H3. The van der Waals surface area contributed by atoms with Gasteiger partial charge in [-0.2, -0.15) is 12.6 Å². The first kappa shape index (κ1) is 22.7. The first-order valence-electron chi connectivity index (χ1n) is 10.1. The molecule has 0 aromatic rings. The molecule has 0 bridgehead atoms. The summed E-state index contributed by atoms with van der Waals surface area (Å²) in [6, 6.07) is 0. The van der Waals surface area contributed by atoms with Crippen LogP contribution in [0, 0.1) is 0 Å². The first-order valence-corrected chi connectivity index (χ1v) is 11.7. The minimum Gasteiger partial charge on any atom is -0.165 e. The van der Waals surface area contributed by atoms with E-state index in [9.17, 15) is 0 Å². The van der Waals surface area contributed by atoms with Crippen molar-refractivity contribution in [2.45, 2.75) is 121 Å². The molecule has 22 heavy (non-hydrogen) atoms. The number of thioether (sulfide) groups is 1. The summed E-state index contributed by atoms with van der Waals surface area (Å²) in [4.78, 5) is 0. The Morgan fingerprint density at radius 3 is 1.50 bits per heavy atom. The number of unbranched alkanes of at least 4 members (excludes halogenated alkanes) is 13. The highest BCUT2D eigenvalue weighted by Crippen LogP contribution is 2.23. The van der Waals surface area contributed by atoms with E-state index in [-0.39, 0.29) is 0 Å². The maximum absolute atomic E-state index is 4.73. The second-order valence-corrected chi connectivity index (χ2v) is 8.99. The lowest BCUT2D eigenvalue weighted by Crippen LogP contribution is -1.95. The fourth-order valence-electron chi connectivity index (χ4n) is 2.81. The van der Waals surface area contributed by atoms with Gasteiger partial charge in [0.25, 0.3) is 0 Å². The topological polar surface area (TPSA) is 0 Å². The van der Waals surface area contributed by atoms with E-state index >= 15 is 0 Å². The van der Waals surface area contributed by atoms with Gasteiger partial charge in [0.15, 0.2) is 0 Å². The van der Waals surface area contributed by atoms with Crippen molar-refractivity contribution in [3.05, 3.63) is 0 Å². The van der Waals surface area contributed by atoms with Crippen molar-refractivity contribution in [2.75, 3.05) is 5.75 Å². The molecule has 134 valence electrons. The molecule has 2 heteroatoms. The molecule has 0 fully saturated rings. The van der Waals surface area contributed by atoms with Gasteiger partial charge in [-0.1, -0.05) is 104 Å².